The van der Waals surface area contributed by atoms with E-state index in [1.807, 2.05) is 0 Å². The number of rotatable bonds is 28. The minimum absolute atomic E-state index is 0.316. The predicted octanol–water partition coefficient (Wildman–Crippen LogP) is 9.13. The molecule has 1 aliphatic rings. The molecule has 272 valence electrons. The molecule has 0 N–H and O–H groups in total. The maximum Gasteiger partial charge on any atom is 0.236 e. The van der Waals surface area contributed by atoms with Crippen LogP contribution in [0, 0.1) is 23.7 Å². The van der Waals surface area contributed by atoms with E-state index in [-0.39, 0.29) is 0 Å². The molecule has 1 saturated heterocycles. The summed E-state index contributed by atoms with van der Waals surface area (Å²) in [5.41, 5.74) is 0. The molecule has 0 saturated carbocycles. The zero-order valence-electron chi connectivity index (χ0n) is 32.3. The second-order valence-electron chi connectivity index (χ2n) is 14.8. The summed E-state index contributed by atoms with van der Waals surface area (Å²) in [5.74, 6) is 3.03. The normalized spacial score (nSPS) is 17.0. The number of hydrogen-bond acceptors (Lipinski definition) is 4. The van der Waals surface area contributed by atoms with Crippen LogP contribution >= 0.6 is 0 Å². The summed E-state index contributed by atoms with van der Waals surface area (Å²) in [6.45, 7) is 26.4. The van der Waals surface area contributed by atoms with E-state index in [0.29, 0.717) is 48.6 Å². The van der Waals surface area contributed by atoms with Crippen LogP contribution < -0.4 is 0 Å². The van der Waals surface area contributed by atoms with Gasteiger partial charge in [-0.05, 0) is 49.4 Å². The molecule has 0 aliphatic carbocycles. The minimum Gasteiger partial charge on any atom is -0.341 e. The topological polar surface area (TPSA) is 47.1 Å². The predicted molar refractivity (Wildman–Crippen MR) is 199 cm³/mol. The molecular weight excluding hydrogens is 568 g/mol. The van der Waals surface area contributed by atoms with Crippen molar-refractivity contribution in [1.82, 2.24) is 19.6 Å². The van der Waals surface area contributed by atoms with Crippen molar-refractivity contribution in [3.63, 3.8) is 0 Å². The third kappa shape index (κ3) is 17.9. The Balaban J connectivity index is 2.83. The Morgan fingerprint density at radius 2 is 0.696 bits per heavy atom. The molecule has 1 heterocycles. The lowest BCUT2D eigenvalue weighted by atomic mass is 9.95. The van der Waals surface area contributed by atoms with Crippen LogP contribution in [0.5, 0.6) is 0 Å². The van der Waals surface area contributed by atoms with Crippen molar-refractivity contribution in [2.24, 2.45) is 23.7 Å². The van der Waals surface area contributed by atoms with Crippen molar-refractivity contribution >= 4 is 11.8 Å². The molecule has 6 heteroatoms. The number of carbonyl (C=O) groups is 2. The Hall–Kier alpha value is -1.14. The average Bonchev–Trinajstić information content (AvgIpc) is 3.07. The fourth-order valence-corrected chi connectivity index (χ4v) is 7.16. The molecule has 2 amide bonds. The highest BCUT2D eigenvalue weighted by Gasteiger charge is 2.28. The molecule has 0 aromatic rings. The van der Waals surface area contributed by atoms with Gasteiger partial charge in [-0.1, -0.05) is 132 Å². The zero-order chi connectivity index (χ0) is 34.2. The van der Waals surface area contributed by atoms with Gasteiger partial charge in [-0.2, -0.15) is 0 Å². The second-order valence-corrected chi connectivity index (χ2v) is 14.8. The monoisotopic (exact) mass is 649 g/mol. The highest BCUT2D eigenvalue weighted by atomic mass is 16.2. The van der Waals surface area contributed by atoms with Crippen LogP contribution in [0.1, 0.15) is 158 Å². The maximum atomic E-state index is 13.8. The fraction of sp³-hybridized carbons (Fsp3) is 0.950. The molecule has 1 aliphatic heterocycles. The van der Waals surface area contributed by atoms with Crippen molar-refractivity contribution in [1.29, 1.82) is 0 Å². The first-order valence-electron chi connectivity index (χ1n) is 20.3. The summed E-state index contributed by atoms with van der Waals surface area (Å²) in [5, 5.41) is 0. The summed E-state index contributed by atoms with van der Waals surface area (Å²) in [6.07, 6.45) is 19.4. The van der Waals surface area contributed by atoms with E-state index >= 15 is 0 Å². The summed E-state index contributed by atoms with van der Waals surface area (Å²) in [6, 6.07) is 0. The first-order chi connectivity index (χ1) is 22.3. The first kappa shape index (κ1) is 42.9. The van der Waals surface area contributed by atoms with Gasteiger partial charge < -0.3 is 9.80 Å². The van der Waals surface area contributed by atoms with Gasteiger partial charge in [0.1, 0.15) is 0 Å². The van der Waals surface area contributed by atoms with Gasteiger partial charge in [-0.3, -0.25) is 19.4 Å². The lowest BCUT2D eigenvalue weighted by Crippen LogP contribution is -2.53. The van der Waals surface area contributed by atoms with Gasteiger partial charge in [0.2, 0.25) is 11.8 Å². The van der Waals surface area contributed by atoms with Crippen LogP contribution in [0.15, 0.2) is 0 Å². The Morgan fingerprint density at radius 1 is 0.457 bits per heavy atom. The molecule has 6 nitrogen and oxygen atoms in total. The van der Waals surface area contributed by atoms with Gasteiger partial charge in [0.15, 0.2) is 0 Å². The third-order valence-electron chi connectivity index (χ3n) is 11.0. The second kappa shape index (κ2) is 26.8. The van der Waals surface area contributed by atoms with Gasteiger partial charge in [-0.25, -0.2) is 0 Å². The molecule has 0 bridgehead atoms. The van der Waals surface area contributed by atoms with Gasteiger partial charge in [0.25, 0.3) is 0 Å². The lowest BCUT2D eigenvalue weighted by molar-refractivity contribution is -0.136. The molecule has 46 heavy (non-hydrogen) atoms. The molecule has 0 spiro atoms. The van der Waals surface area contributed by atoms with E-state index in [9.17, 15) is 9.59 Å². The van der Waals surface area contributed by atoms with E-state index in [1.54, 1.807) is 0 Å². The van der Waals surface area contributed by atoms with Crippen LogP contribution in [-0.4, -0.2) is 96.9 Å². The number of nitrogens with zero attached hydrogens (tertiary/aromatic N) is 4. The zero-order valence-corrected chi connectivity index (χ0v) is 32.3. The van der Waals surface area contributed by atoms with Crippen molar-refractivity contribution < 1.29 is 9.59 Å². The number of hydrogen-bond donors (Lipinski definition) is 0. The Morgan fingerprint density at radius 3 is 0.891 bits per heavy atom. The van der Waals surface area contributed by atoms with E-state index in [0.717, 1.165) is 78.0 Å². The summed E-state index contributed by atoms with van der Waals surface area (Å²) in [4.78, 5) is 36.9. The highest BCUT2D eigenvalue weighted by molar-refractivity contribution is 5.79. The van der Waals surface area contributed by atoms with Gasteiger partial charge >= 0.3 is 0 Å². The van der Waals surface area contributed by atoms with Gasteiger partial charge in [0.05, 0.1) is 13.1 Å². The molecular formula is C40H80N4O2. The van der Waals surface area contributed by atoms with E-state index in [2.05, 4.69) is 75.0 Å². The molecule has 0 aromatic carbocycles. The van der Waals surface area contributed by atoms with Crippen molar-refractivity contribution in [2.45, 2.75) is 158 Å². The molecule has 1 fully saturated rings. The SMILES string of the molecule is CCCCC(CC)CN(CC(CC)CCCC)C(=O)CN1CCN(CC(=O)N(CC(CC)CCCC)CC(CC)CCCC)CC1. The third-order valence-corrected chi connectivity index (χ3v) is 11.0. The molecule has 0 aromatic heterocycles. The van der Waals surface area contributed by atoms with Gasteiger partial charge in [-0.15, -0.1) is 0 Å². The highest BCUT2D eigenvalue weighted by Crippen LogP contribution is 2.21. The smallest absolute Gasteiger partial charge is 0.236 e. The quantitative estimate of drug-likeness (QED) is 0.0849. The van der Waals surface area contributed by atoms with Crippen molar-refractivity contribution in [3.8, 4) is 0 Å². The summed E-state index contributed by atoms with van der Waals surface area (Å²) in [7, 11) is 0. The molecule has 4 atom stereocenters. The number of amides is 2. The van der Waals surface area contributed by atoms with Crippen LogP contribution in [-0.2, 0) is 9.59 Å². The Kier molecular flexibility index (Phi) is 25.0. The van der Waals surface area contributed by atoms with Crippen LogP contribution in [0.25, 0.3) is 0 Å². The minimum atomic E-state index is 0.316. The van der Waals surface area contributed by atoms with Crippen molar-refractivity contribution in [3.05, 3.63) is 0 Å². The molecule has 4 unspecified atom stereocenters. The average molecular weight is 649 g/mol. The van der Waals surface area contributed by atoms with Crippen LogP contribution in [0.3, 0.4) is 0 Å². The number of piperazine rings is 1. The fourth-order valence-electron chi connectivity index (χ4n) is 7.16. The van der Waals surface area contributed by atoms with Gasteiger partial charge in [0, 0.05) is 52.4 Å². The van der Waals surface area contributed by atoms with Crippen LogP contribution in [0.4, 0.5) is 0 Å². The van der Waals surface area contributed by atoms with E-state index < -0.39 is 0 Å². The number of carbonyl (C=O) groups excluding carboxylic acids is 2. The van der Waals surface area contributed by atoms with Crippen LogP contribution in [0.2, 0.25) is 0 Å². The molecule has 1 rings (SSSR count). The largest absolute Gasteiger partial charge is 0.341 e. The standard InChI is InChI=1S/C40H80N4O2/c1-9-17-21-35(13-5)29-43(30-36(14-6)22-18-10-2)39(45)33-41-25-27-42(28-26-41)34-40(46)44(31-37(15-7)23-19-11-3)32-38(16-8)24-20-12-4/h35-38H,9-34H2,1-8H3. The summed E-state index contributed by atoms with van der Waals surface area (Å²) >= 11 is 0. The summed E-state index contributed by atoms with van der Waals surface area (Å²) < 4.78 is 0. The van der Waals surface area contributed by atoms with Crippen molar-refractivity contribution in [2.75, 3.05) is 65.4 Å². The Bertz CT molecular complexity index is 656. The maximum absolute atomic E-state index is 13.8. The first-order valence-corrected chi connectivity index (χ1v) is 20.3. The lowest BCUT2D eigenvalue weighted by Gasteiger charge is -2.38. The Labute approximate surface area is 287 Å². The molecule has 0 radical (unpaired) electrons. The number of unbranched alkanes of at least 4 members (excludes halogenated alkanes) is 4. The van der Waals surface area contributed by atoms with E-state index in [1.165, 1.54) is 77.0 Å². The van der Waals surface area contributed by atoms with E-state index in [4.69, 9.17) is 0 Å².